The molecule has 1 N–H and O–H groups in total. The van der Waals surface area contributed by atoms with Crippen LogP contribution in [0.1, 0.15) is 45.4 Å². The molecular formula is C18H27N3OS. The summed E-state index contributed by atoms with van der Waals surface area (Å²) in [5.74, 6) is 2.40. The summed E-state index contributed by atoms with van der Waals surface area (Å²) in [6.07, 6.45) is 7.04. The summed E-state index contributed by atoms with van der Waals surface area (Å²) in [6.45, 7) is 5.73. The zero-order chi connectivity index (χ0) is 16.1. The molecule has 5 heteroatoms. The third-order valence-corrected chi connectivity index (χ3v) is 6.05. The lowest BCUT2D eigenvalue weighted by molar-refractivity contribution is 0.0494. The Morgan fingerprint density at radius 1 is 1.26 bits per heavy atom. The number of ether oxygens (including phenoxy) is 1. The highest BCUT2D eigenvalue weighted by molar-refractivity contribution is 8.00. The lowest BCUT2D eigenvalue weighted by Crippen LogP contribution is -2.46. The first kappa shape index (κ1) is 16.7. The fourth-order valence-corrected chi connectivity index (χ4v) is 4.82. The molecule has 1 saturated carbocycles. The van der Waals surface area contributed by atoms with Crippen molar-refractivity contribution in [2.75, 3.05) is 32.1 Å². The van der Waals surface area contributed by atoms with Crippen LogP contribution in [0.3, 0.4) is 0 Å². The fourth-order valence-electron chi connectivity index (χ4n) is 3.57. The van der Waals surface area contributed by atoms with Gasteiger partial charge in [-0.25, -0.2) is 0 Å². The van der Waals surface area contributed by atoms with Gasteiger partial charge in [0.25, 0.3) is 0 Å². The van der Waals surface area contributed by atoms with E-state index in [1.165, 1.54) is 42.7 Å². The number of dihydropyridines is 1. The molecular weight excluding hydrogens is 306 g/mol. The molecule has 0 aromatic carbocycles. The van der Waals surface area contributed by atoms with Crippen LogP contribution in [0.2, 0.25) is 0 Å². The van der Waals surface area contributed by atoms with Crippen molar-refractivity contribution in [3.8, 4) is 6.07 Å². The normalized spacial score (nSPS) is 25.0. The SMILES string of the molecule is CCCCSC1NC(N2CCOCC2)=C2CCCCC2=C1C#N. The van der Waals surface area contributed by atoms with Gasteiger partial charge in [0.1, 0.15) is 11.2 Å². The van der Waals surface area contributed by atoms with Crippen LogP contribution in [0.25, 0.3) is 0 Å². The van der Waals surface area contributed by atoms with Crippen molar-refractivity contribution in [3.05, 3.63) is 22.5 Å². The van der Waals surface area contributed by atoms with Gasteiger partial charge in [0.2, 0.25) is 0 Å². The molecule has 2 heterocycles. The van der Waals surface area contributed by atoms with Crippen LogP contribution < -0.4 is 5.32 Å². The predicted octanol–water partition coefficient (Wildman–Crippen LogP) is 3.39. The Hall–Kier alpha value is -1.12. The van der Waals surface area contributed by atoms with Crippen molar-refractivity contribution in [1.29, 1.82) is 5.26 Å². The van der Waals surface area contributed by atoms with E-state index in [2.05, 4.69) is 23.2 Å². The molecule has 126 valence electrons. The average molecular weight is 334 g/mol. The molecule has 4 nitrogen and oxygen atoms in total. The van der Waals surface area contributed by atoms with Gasteiger partial charge >= 0.3 is 0 Å². The van der Waals surface area contributed by atoms with E-state index in [0.29, 0.717) is 0 Å². The maximum absolute atomic E-state index is 9.74. The van der Waals surface area contributed by atoms with Crippen LogP contribution in [0, 0.1) is 11.3 Å². The van der Waals surface area contributed by atoms with Gasteiger partial charge in [0.15, 0.2) is 0 Å². The first-order valence-electron chi connectivity index (χ1n) is 8.92. The number of fused-ring (bicyclic) bond motifs is 1. The van der Waals surface area contributed by atoms with Gasteiger partial charge in [-0.1, -0.05) is 13.3 Å². The van der Waals surface area contributed by atoms with Gasteiger partial charge in [0, 0.05) is 13.1 Å². The molecule has 0 spiro atoms. The third kappa shape index (κ3) is 3.70. The monoisotopic (exact) mass is 333 g/mol. The second kappa shape index (κ2) is 8.12. The van der Waals surface area contributed by atoms with E-state index in [4.69, 9.17) is 4.74 Å². The number of allylic oxidation sites excluding steroid dienone is 2. The molecule has 0 bridgehead atoms. The van der Waals surface area contributed by atoms with E-state index in [-0.39, 0.29) is 5.37 Å². The topological polar surface area (TPSA) is 48.3 Å². The van der Waals surface area contributed by atoms with Crippen molar-refractivity contribution >= 4 is 11.8 Å². The first-order valence-corrected chi connectivity index (χ1v) is 9.97. The zero-order valence-corrected chi connectivity index (χ0v) is 14.9. The van der Waals surface area contributed by atoms with Crippen LogP contribution in [0.5, 0.6) is 0 Å². The van der Waals surface area contributed by atoms with Crippen LogP contribution in [0.15, 0.2) is 22.5 Å². The number of nitrogens with one attached hydrogen (secondary N) is 1. The van der Waals surface area contributed by atoms with Crippen LogP contribution in [-0.4, -0.2) is 42.3 Å². The quantitative estimate of drug-likeness (QED) is 0.782. The summed E-state index contributed by atoms with van der Waals surface area (Å²) in [4.78, 5) is 2.44. The molecule has 3 rings (SSSR count). The van der Waals surface area contributed by atoms with E-state index >= 15 is 0 Å². The summed E-state index contributed by atoms with van der Waals surface area (Å²) >= 11 is 1.89. The minimum Gasteiger partial charge on any atom is -0.378 e. The lowest BCUT2D eigenvalue weighted by atomic mass is 9.84. The standard InChI is InChI=1S/C18H27N3OS/c1-2-3-12-23-18-16(13-19)14-6-4-5-7-15(14)17(20-18)21-8-10-22-11-9-21/h18,20H,2-12H2,1H3. The molecule has 0 radical (unpaired) electrons. The minimum absolute atomic E-state index is 0.126. The molecule has 3 aliphatic rings. The Morgan fingerprint density at radius 3 is 2.70 bits per heavy atom. The number of unbranched alkanes of at least 4 members (excludes halogenated alkanes) is 1. The Kier molecular flexibility index (Phi) is 5.91. The van der Waals surface area contributed by atoms with Crippen molar-refractivity contribution in [2.45, 2.75) is 50.8 Å². The summed E-state index contributed by atoms with van der Waals surface area (Å²) in [7, 11) is 0. The highest BCUT2D eigenvalue weighted by Gasteiger charge is 2.32. The number of hydrogen-bond acceptors (Lipinski definition) is 5. The van der Waals surface area contributed by atoms with Crippen molar-refractivity contribution in [3.63, 3.8) is 0 Å². The van der Waals surface area contributed by atoms with E-state index in [9.17, 15) is 5.26 Å². The van der Waals surface area contributed by atoms with Gasteiger partial charge in [-0.3, -0.25) is 0 Å². The maximum Gasteiger partial charge on any atom is 0.109 e. The Bertz CT molecular complexity index is 529. The highest BCUT2D eigenvalue weighted by atomic mass is 32.2. The third-order valence-electron chi connectivity index (χ3n) is 4.84. The van der Waals surface area contributed by atoms with E-state index in [0.717, 1.165) is 50.5 Å². The largest absolute Gasteiger partial charge is 0.378 e. The molecule has 23 heavy (non-hydrogen) atoms. The number of thioether (sulfide) groups is 1. The van der Waals surface area contributed by atoms with Gasteiger partial charge in [-0.05, 0) is 49.0 Å². The van der Waals surface area contributed by atoms with Gasteiger partial charge in [-0.2, -0.15) is 5.26 Å². The van der Waals surface area contributed by atoms with E-state index in [1.807, 2.05) is 11.8 Å². The van der Waals surface area contributed by atoms with E-state index < -0.39 is 0 Å². The van der Waals surface area contributed by atoms with Crippen molar-refractivity contribution in [1.82, 2.24) is 10.2 Å². The molecule has 0 aromatic heterocycles. The minimum atomic E-state index is 0.126. The van der Waals surface area contributed by atoms with Crippen LogP contribution >= 0.6 is 11.8 Å². The van der Waals surface area contributed by atoms with Crippen molar-refractivity contribution < 1.29 is 4.74 Å². The summed E-state index contributed by atoms with van der Waals surface area (Å²) in [5, 5.41) is 13.6. The molecule has 2 aliphatic heterocycles. The summed E-state index contributed by atoms with van der Waals surface area (Å²) < 4.78 is 5.51. The highest BCUT2D eigenvalue weighted by Crippen LogP contribution is 2.40. The Labute approximate surface area is 143 Å². The molecule has 0 aromatic rings. The molecule has 2 fully saturated rings. The number of nitrogens with zero attached hydrogens (tertiary/aromatic N) is 2. The summed E-state index contributed by atoms with van der Waals surface area (Å²) in [6, 6.07) is 2.52. The smallest absolute Gasteiger partial charge is 0.109 e. The van der Waals surface area contributed by atoms with E-state index in [1.54, 1.807) is 0 Å². The van der Waals surface area contributed by atoms with Crippen molar-refractivity contribution in [2.24, 2.45) is 0 Å². The second-order valence-electron chi connectivity index (χ2n) is 6.39. The Morgan fingerprint density at radius 2 is 2.00 bits per heavy atom. The number of morpholine rings is 1. The second-order valence-corrected chi connectivity index (χ2v) is 7.60. The van der Waals surface area contributed by atoms with Crippen LogP contribution in [-0.2, 0) is 4.74 Å². The number of nitriles is 1. The molecule has 0 amide bonds. The van der Waals surface area contributed by atoms with Gasteiger partial charge in [0.05, 0.1) is 24.9 Å². The maximum atomic E-state index is 9.74. The molecule has 1 saturated heterocycles. The van der Waals surface area contributed by atoms with Crippen LogP contribution in [0.4, 0.5) is 0 Å². The number of rotatable bonds is 5. The Balaban J connectivity index is 1.88. The summed E-state index contributed by atoms with van der Waals surface area (Å²) in [5.41, 5.74) is 3.73. The van der Waals surface area contributed by atoms with Gasteiger partial charge < -0.3 is 15.0 Å². The fraction of sp³-hybridized carbons (Fsp3) is 0.722. The zero-order valence-electron chi connectivity index (χ0n) is 14.1. The lowest BCUT2D eigenvalue weighted by Gasteiger charge is -2.40. The molecule has 1 atom stereocenters. The molecule has 1 aliphatic carbocycles. The first-order chi connectivity index (χ1) is 11.3. The predicted molar refractivity (Wildman–Crippen MR) is 94.8 cm³/mol. The van der Waals surface area contributed by atoms with Gasteiger partial charge in [-0.15, -0.1) is 11.8 Å². The average Bonchev–Trinajstić information content (AvgIpc) is 2.62. The number of hydrogen-bond donors (Lipinski definition) is 1. The molecule has 1 unspecified atom stereocenters.